The van der Waals surface area contributed by atoms with E-state index in [1.54, 1.807) is 17.5 Å². The molecule has 0 spiro atoms. The number of carboxylic acids is 1. The van der Waals surface area contributed by atoms with E-state index in [9.17, 15) is 9.59 Å². The first-order valence-electron chi connectivity index (χ1n) is 12.0. The normalized spacial score (nSPS) is 10.8. The standard InChI is InChI=1S/C27H33N3O4S/c1-2-34-16-8-4-3-5-9-21-10-6-7-11-24(21)28-18-20-12-14-22(15-13-20)26(33)30-27-29-23(19-35-27)17-25(31)32/h6-7,10-15,19,28H,2-5,8-9,16-18H2,1H3,(H,31,32)(H,29,30,33). The second-order valence-electron chi connectivity index (χ2n) is 8.24. The number of carbonyl (C=O) groups is 2. The molecule has 186 valence electrons. The van der Waals surface area contributed by atoms with Gasteiger partial charge in [0.25, 0.3) is 5.91 Å². The Morgan fingerprint density at radius 2 is 1.80 bits per heavy atom. The fourth-order valence-electron chi connectivity index (χ4n) is 3.67. The van der Waals surface area contributed by atoms with Crippen LogP contribution in [-0.2, 0) is 28.9 Å². The zero-order valence-electron chi connectivity index (χ0n) is 20.1. The molecule has 0 atom stereocenters. The van der Waals surface area contributed by atoms with Crippen molar-refractivity contribution in [2.24, 2.45) is 0 Å². The molecular weight excluding hydrogens is 462 g/mol. The third kappa shape index (κ3) is 9.15. The third-order valence-corrected chi connectivity index (χ3v) is 6.32. The lowest BCUT2D eigenvalue weighted by atomic mass is 10.0. The van der Waals surface area contributed by atoms with Gasteiger partial charge in [0, 0.05) is 36.4 Å². The van der Waals surface area contributed by atoms with Gasteiger partial charge in [0.1, 0.15) is 0 Å². The number of amides is 1. The molecule has 0 aliphatic heterocycles. The SMILES string of the molecule is CCOCCCCCCc1ccccc1NCc1ccc(C(=O)Nc2nc(CC(=O)O)cs2)cc1. The molecule has 3 N–H and O–H groups in total. The maximum atomic E-state index is 12.5. The second kappa shape index (κ2) is 14.2. The minimum atomic E-state index is -0.951. The van der Waals surface area contributed by atoms with Gasteiger partial charge < -0.3 is 15.2 Å². The molecule has 3 aromatic rings. The van der Waals surface area contributed by atoms with Gasteiger partial charge in [-0.1, -0.05) is 43.2 Å². The zero-order chi connectivity index (χ0) is 24.9. The maximum absolute atomic E-state index is 12.5. The molecule has 7 nitrogen and oxygen atoms in total. The number of unbranched alkanes of at least 4 members (excludes halogenated alkanes) is 3. The summed E-state index contributed by atoms with van der Waals surface area (Å²) in [4.78, 5) is 27.4. The number of aryl methyl sites for hydroxylation is 1. The number of nitrogens with one attached hydrogen (secondary N) is 2. The van der Waals surface area contributed by atoms with E-state index in [1.807, 2.05) is 25.1 Å². The molecule has 0 saturated carbocycles. The number of benzene rings is 2. The summed E-state index contributed by atoms with van der Waals surface area (Å²) in [7, 11) is 0. The molecule has 0 radical (unpaired) electrons. The molecule has 0 bridgehead atoms. The van der Waals surface area contributed by atoms with Crippen molar-refractivity contribution in [2.45, 2.75) is 52.0 Å². The number of carbonyl (C=O) groups excluding carboxylic acids is 1. The van der Waals surface area contributed by atoms with Gasteiger partial charge in [-0.3, -0.25) is 14.9 Å². The highest BCUT2D eigenvalue weighted by atomic mass is 32.1. The Kier molecular flexibility index (Phi) is 10.7. The van der Waals surface area contributed by atoms with Crippen LogP contribution in [0, 0.1) is 0 Å². The molecule has 8 heteroatoms. The first kappa shape index (κ1) is 26.4. The van der Waals surface area contributed by atoms with E-state index in [0.29, 0.717) is 22.9 Å². The summed E-state index contributed by atoms with van der Waals surface area (Å²) >= 11 is 1.21. The minimum absolute atomic E-state index is 0.161. The van der Waals surface area contributed by atoms with Gasteiger partial charge in [0.05, 0.1) is 12.1 Å². The highest BCUT2D eigenvalue weighted by Gasteiger charge is 2.11. The number of hydrogen-bond acceptors (Lipinski definition) is 6. The molecular formula is C27H33N3O4S. The van der Waals surface area contributed by atoms with Gasteiger partial charge >= 0.3 is 5.97 Å². The van der Waals surface area contributed by atoms with Gasteiger partial charge in [-0.25, -0.2) is 4.98 Å². The molecule has 0 unspecified atom stereocenters. The first-order valence-corrected chi connectivity index (χ1v) is 12.9. The first-order chi connectivity index (χ1) is 17.0. The Morgan fingerprint density at radius 1 is 1.03 bits per heavy atom. The van der Waals surface area contributed by atoms with Crippen LogP contribution >= 0.6 is 11.3 Å². The number of carboxylic acid groups (broad SMARTS) is 1. The lowest BCUT2D eigenvalue weighted by Gasteiger charge is -2.12. The van der Waals surface area contributed by atoms with Gasteiger partial charge in [-0.05, 0) is 55.5 Å². The Morgan fingerprint density at radius 3 is 2.57 bits per heavy atom. The molecule has 0 saturated heterocycles. The summed E-state index contributed by atoms with van der Waals surface area (Å²) in [5.41, 5.74) is 4.49. The smallest absolute Gasteiger partial charge is 0.309 e. The van der Waals surface area contributed by atoms with Crippen molar-refractivity contribution in [1.82, 2.24) is 4.98 Å². The lowest BCUT2D eigenvalue weighted by Crippen LogP contribution is -2.12. The van der Waals surface area contributed by atoms with E-state index in [-0.39, 0.29) is 12.3 Å². The van der Waals surface area contributed by atoms with Crippen molar-refractivity contribution in [3.05, 3.63) is 76.3 Å². The maximum Gasteiger partial charge on any atom is 0.309 e. The molecule has 0 aliphatic carbocycles. The third-order valence-electron chi connectivity index (χ3n) is 5.51. The molecule has 0 aliphatic rings. The van der Waals surface area contributed by atoms with Crippen molar-refractivity contribution in [2.75, 3.05) is 23.8 Å². The molecule has 0 fully saturated rings. The van der Waals surface area contributed by atoms with Crippen LogP contribution in [-0.4, -0.2) is 35.2 Å². The zero-order valence-corrected chi connectivity index (χ0v) is 20.9. The predicted octanol–water partition coefficient (Wildman–Crippen LogP) is 5.77. The minimum Gasteiger partial charge on any atom is -0.481 e. The molecule has 1 aromatic heterocycles. The number of rotatable bonds is 15. The van der Waals surface area contributed by atoms with E-state index < -0.39 is 5.97 Å². The second-order valence-corrected chi connectivity index (χ2v) is 9.10. The number of thiazole rings is 1. The molecule has 1 amide bonds. The monoisotopic (exact) mass is 495 g/mol. The number of aromatic nitrogens is 1. The van der Waals surface area contributed by atoms with E-state index >= 15 is 0 Å². The number of aliphatic carboxylic acids is 1. The highest BCUT2D eigenvalue weighted by molar-refractivity contribution is 7.14. The van der Waals surface area contributed by atoms with E-state index in [0.717, 1.165) is 43.7 Å². The van der Waals surface area contributed by atoms with Gasteiger partial charge in [-0.15, -0.1) is 11.3 Å². The molecule has 2 aromatic carbocycles. The largest absolute Gasteiger partial charge is 0.481 e. The molecule has 1 heterocycles. The summed E-state index contributed by atoms with van der Waals surface area (Å²) in [5, 5.41) is 17.1. The van der Waals surface area contributed by atoms with Crippen molar-refractivity contribution in [3.8, 4) is 0 Å². The number of nitrogens with zero attached hydrogens (tertiary/aromatic N) is 1. The quantitative estimate of drug-likeness (QED) is 0.231. The van der Waals surface area contributed by atoms with E-state index in [2.05, 4.69) is 33.8 Å². The molecule has 35 heavy (non-hydrogen) atoms. The van der Waals surface area contributed by atoms with Crippen molar-refractivity contribution >= 4 is 34.0 Å². The van der Waals surface area contributed by atoms with Crippen LogP contribution in [0.25, 0.3) is 0 Å². The molecule has 3 rings (SSSR count). The average molecular weight is 496 g/mol. The number of para-hydroxylation sites is 1. The van der Waals surface area contributed by atoms with Crippen molar-refractivity contribution in [1.29, 1.82) is 0 Å². The summed E-state index contributed by atoms with van der Waals surface area (Å²) in [6.07, 6.45) is 5.56. The lowest BCUT2D eigenvalue weighted by molar-refractivity contribution is -0.136. The number of hydrogen-bond donors (Lipinski definition) is 3. The van der Waals surface area contributed by atoms with Crippen LogP contribution in [0.1, 0.15) is 59.8 Å². The summed E-state index contributed by atoms with van der Waals surface area (Å²) in [6, 6.07) is 15.8. The summed E-state index contributed by atoms with van der Waals surface area (Å²) in [6.45, 7) is 4.34. The number of anilines is 2. The van der Waals surface area contributed by atoms with Gasteiger partial charge in [0.15, 0.2) is 5.13 Å². The van der Waals surface area contributed by atoms with Crippen LogP contribution in [0.5, 0.6) is 0 Å². The van der Waals surface area contributed by atoms with Gasteiger partial charge in [-0.2, -0.15) is 0 Å². The van der Waals surface area contributed by atoms with Crippen LogP contribution in [0.4, 0.5) is 10.8 Å². The van der Waals surface area contributed by atoms with Crippen molar-refractivity contribution < 1.29 is 19.4 Å². The fourth-order valence-corrected chi connectivity index (χ4v) is 4.37. The van der Waals surface area contributed by atoms with Crippen LogP contribution in [0.2, 0.25) is 0 Å². The Balaban J connectivity index is 1.46. The van der Waals surface area contributed by atoms with E-state index in [4.69, 9.17) is 9.84 Å². The fraction of sp³-hybridized carbons (Fsp3) is 0.370. The Bertz CT molecular complexity index is 1080. The Hall–Kier alpha value is -3.23. The van der Waals surface area contributed by atoms with Crippen LogP contribution < -0.4 is 10.6 Å². The van der Waals surface area contributed by atoms with Gasteiger partial charge in [0.2, 0.25) is 0 Å². The predicted molar refractivity (Wildman–Crippen MR) is 140 cm³/mol. The highest BCUT2D eigenvalue weighted by Crippen LogP contribution is 2.20. The van der Waals surface area contributed by atoms with Crippen molar-refractivity contribution in [3.63, 3.8) is 0 Å². The summed E-state index contributed by atoms with van der Waals surface area (Å²) in [5.74, 6) is -1.22. The topological polar surface area (TPSA) is 101 Å². The number of ether oxygens (including phenoxy) is 1. The summed E-state index contributed by atoms with van der Waals surface area (Å²) < 4.78 is 5.40. The van der Waals surface area contributed by atoms with Crippen LogP contribution in [0.3, 0.4) is 0 Å². The Labute approximate surface area is 210 Å². The van der Waals surface area contributed by atoms with E-state index in [1.165, 1.54) is 29.7 Å². The average Bonchev–Trinajstić information content (AvgIpc) is 3.29. The van der Waals surface area contributed by atoms with Crippen LogP contribution in [0.15, 0.2) is 53.9 Å².